The van der Waals surface area contributed by atoms with E-state index in [0.717, 1.165) is 6.42 Å². The van der Waals surface area contributed by atoms with E-state index >= 15 is 0 Å². The molecule has 0 aliphatic heterocycles. The van der Waals surface area contributed by atoms with Gasteiger partial charge in [0.2, 0.25) is 0 Å². The Hall–Kier alpha value is -4.25. The highest BCUT2D eigenvalue weighted by Gasteiger charge is 2.13. The third-order valence-corrected chi connectivity index (χ3v) is 5.14. The second kappa shape index (κ2) is 13.7. The largest absolute Gasteiger partial charge is 0.494 e. The van der Waals surface area contributed by atoms with Crippen molar-refractivity contribution < 1.29 is 28.2 Å². The van der Waals surface area contributed by atoms with Crippen molar-refractivity contribution >= 4 is 51.2 Å². The molecule has 0 saturated heterocycles. The molecule has 37 heavy (non-hydrogen) atoms. The Kier molecular flexibility index (Phi) is 10.1. The molecule has 0 fully saturated rings. The van der Waals surface area contributed by atoms with Gasteiger partial charge in [0, 0.05) is 15.7 Å². The fraction of sp³-hybridized carbons (Fsp3) is 0.154. The van der Waals surface area contributed by atoms with Crippen LogP contribution in [0.3, 0.4) is 0 Å². The Bertz CT molecular complexity index is 1280. The standard InChI is InChI=1S/C26H24BrFN4O5/c1-2-13-36-20-10-8-19(9-11-20)30-25(34)26(35)32-29-15-17-5-3-4-6-23(17)37-16-24(33)31-22-12-7-18(27)14-21(22)28/h3-12,14-15H,2,13,16H2,1H3,(H,30,34)(H,31,33)(H,32,35)/b29-15-. The van der Waals surface area contributed by atoms with Crippen molar-refractivity contribution in [3.63, 3.8) is 0 Å². The fourth-order valence-corrected chi connectivity index (χ4v) is 3.23. The van der Waals surface area contributed by atoms with E-state index in [0.29, 0.717) is 33.8 Å². The third-order valence-electron chi connectivity index (χ3n) is 4.64. The van der Waals surface area contributed by atoms with Gasteiger partial charge >= 0.3 is 11.8 Å². The van der Waals surface area contributed by atoms with E-state index in [4.69, 9.17) is 9.47 Å². The molecular weight excluding hydrogens is 547 g/mol. The molecule has 192 valence electrons. The highest BCUT2D eigenvalue weighted by Crippen LogP contribution is 2.20. The lowest BCUT2D eigenvalue weighted by atomic mass is 10.2. The highest BCUT2D eigenvalue weighted by molar-refractivity contribution is 9.10. The lowest BCUT2D eigenvalue weighted by Crippen LogP contribution is -2.32. The van der Waals surface area contributed by atoms with E-state index < -0.39 is 30.1 Å². The first-order valence-corrected chi connectivity index (χ1v) is 12.0. The summed E-state index contributed by atoms with van der Waals surface area (Å²) in [5.74, 6) is -2.08. The van der Waals surface area contributed by atoms with Crippen molar-refractivity contribution in [2.75, 3.05) is 23.8 Å². The third kappa shape index (κ3) is 8.73. The summed E-state index contributed by atoms with van der Waals surface area (Å²) in [6, 6.07) is 17.5. The zero-order chi connectivity index (χ0) is 26.6. The summed E-state index contributed by atoms with van der Waals surface area (Å²) in [4.78, 5) is 36.4. The number of carbonyl (C=O) groups excluding carboxylic acids is 3. The van der Waals surface area contributed by atoms with Gasteiger partial charge in [-0.15, -0.1) is 0 Å². The molecule has 0 atom stereocenters. The molecule has 0 aliphatic carbocycles. The number of halogens is 2. The minimum absolute atomic E-state index is 0.0217. The molecule has 0 aliphatic rings. The number of carbonyl (C=O) groups is 3. The first-order valence-electron chi connectivity index (χ1n) is 11.2. The van der Waals surface area contributed by atoms with Crippen molar-refractivity contribution in [3.8, 4) is 11.5 Å². The Morgan fingerprint density at radius 1 is 0.973 bits per heavy atom. The SMILES string of the molecule is CCCOc1ccc(NC(=O)C(=O)N/N=C\c2ccccc2OCC(=O)Nc2ccc(Br)cc2F)cc1. The molecule has 0 aromatic heterocycles. The topological polar surface area (TPSA) is 118 Å². The van der Waals surface area contributed by atoms with Gasteiger partial charge in [0.1, 0.15) is 17.3 Å². The molecular formula is C26H24BrFN4O5. The maximum Gasteiger partial charge on any atom is 0.329 e. The number of amides is 3. The number of ether oxygens (including phenoxy) is 2. The summed E-state index contributed by atoms with van der Waals surface area (Å²) >= 11 is 3.15. The van der Waals surface area contributed by atoms with E-state index in [-0.39, 0.29) is 5.69 Å². The lowest BCUT2D eigenvalue weighted by molar-refractivity contribution is -0.136. The number of nitrogens with zero attached hydrogens (tertiary/aromatic N) is 1. The molecule has 3 aromatic carbocycles. The van der Waals surface area contributed by atoms with Crippen molar-refractivity contribution in [2.24, 2.45) is 5.10 Å². The Balaban J connectivity index is 1.50. The molecule has 0 saturated carbocycles. The van der Waals surface area contributed by atoms with E-state index in [9.17, 15) is 18.8 Å². The first kappa shape index (κ1) is 27.3. The zero-order valence-corrected chi connectivity index (χ0v) is 21.4. The number of rotatable bonds is 10. The summed E-state index contributed by atoms with van der Waals surface area (Å²) in [6.07, 6.45) is 2.14. The fourth-order valence-electron chi connectivity index (χ4n) is 2.89. The predicted octanol–water partition coefficient (Wildman–Crippen LogP) is 4.48. The number of anilines is 2. The van der Waals surface area contributed by atoms with Gasteiger partial charge < -0.3 is 20.1 Å². The van der Waals surface area contributed by atoms with E-state index in [2.05, 4.69) is 37.1 Å². The second-order valence-corrected chi connectivity index (χ2v) is 8.44. The number of para-hydroxylation sites is 1. The van der Waals surface area contributed by atoms with E-state index in [1.54, 1.807) is 54.6 Å². The molecule has 0 spiro atoms. The molecule has 11 heteroatoms. The molecule has 9 nitrogen and oxygen atoms in total. The minimum Gasteiger partial charge on any atom is -0.494 e. The molecule has 3 aromatic rings. The van der Waals surface area contributed by atoms with Gasteiger partial charge in [0.05, 0.1) is 18.5 Å². The molecule has 3 N–H and O–H groups in total. The van der Waals surface area contributed by atoms with Gasteiger partial charge in [0.25, 0.3) is 5.91 Å². The van der Waals surface area contributed by atoms with Crippen LogP contribution in [-0.4, -0.2) is 37.1 Å². The monoisotopic (exact) mass is 570 g/mol. The lowest BCUT2D eigenvalue weighted by Gasteiger charge is -2.10. The molecule has 0 unspecified atom stereocenters. The molecule has 3 rings (SSSR count). The van der Waals surface area contributed by atoms with Crippen LogP contribution in [-0.2, 0) is 14.4 Å². The molecule has 0 bridgehead atoms. The molecule has 3 amide bonds. The maximum atomic E-state index is 13.9. The smallest absolute Gasteiger partial charge is 0.329 e. The summed E-state index contributed by atoms with van der Waals surface area (Å²) in [5.41, 5.74) is 3.02. The summed E-state index contributed by atoms with van der Waals surface area (Å²) in [5, 5.41) is 8.68. The zero-order valence-electron chi connectivity index (χ0n) is 19.8. The average molecular weight is 571 g/mol. The summed E-state index contributed by atoms with van der Waals surface area (Å²) in [7, 11) is 0. The quantitative estimate of drug-likeness (QED) is 0.189. The number of hydrogen-bond acceptors (Lipinski definition) is 6. The van der Waals surface area contributed by atoms with Crippen LogP contribution < -0.4 is 25.5 Å². The number of nitrogens with one attached hydrogen (secondary N) is 3. The van der Waals surface area contributed by atoms with E-state index in [1.165, 1.54) is 18.3 Å². The van der Waals surface area contributed by atoms with E-state index in [1.807, 2.05) is 6.92 Å². The van der Waals surface area contributed by atoms with Crippen LogP contribution in [0.2, 0.25) is 0 Å². The van der Waals surface area contributed by atoms with Crippen LogP contribution in [0, 0.1) is 5.82 Å². The Morgan fingerprint density at radius 2 is 1.73 bits per heavy atom. The van der Waals surface area contributed by atoms with Gasteiger partial charge in [-0.1, -0.05) is 35.0 Å². The highest BCUT2D eigenvalue weighted by atomic mass is 79.9. The van der Waals surface area contributed by atoms with Crippen molar-refractivity contribution in [3.05, 3.63) is 82.6 Å². The normalized spacial score (nSPS) is 10.6. The van der Waals surface area contributed by atoms with Crippen LogP contribution in [0.15, 0.2) is 76.3 Å². The van der Waals surface area contributed by atoms with Gasteiger partial charge in [0.15, 0.2) is 6.61 Å². The average Bonchev–Trinajstić information content (AvgIpc) is 2.89. The number of hydrogen-bond donors (Lipinski definition) is 3. The number of hydrazone groups is 1. The van der Waals surface area contributed by atoms with Gasteiger partial charge in [-0.25, -0.2) is 9.82 Å². The minimum atomic E-state index is -0.975. The number of benzene rings is 3. The summed E-state index contributed by atoms with van der Waals surface area (Å²) < 4.78 is 25.4. The first-order chi connectivity index (χ1) is 17.9. The van der Waals surface area contributed by atoms with Crippen LogP contribution in [0.4, 0.5) is 15.8 Å². The predicted molar refractivity (Wildman–Crippen MR) is 141 cm³/mol. The van der Waals surface area contributed by atoms with Gasteiger partial charge in [-0.2, -0.15) is 5.10 Å². The van der Waals surface area contributed by atoms with Crippen LogP contribution in [0.5, 0.6) is 11.5 Å². The Morgan fingerprint density at radius 3 is 2.46 bits per heavy atom. The van der Waals surface area contributed by atoms with Crippen LogP contribution in [0.25, 0.3) is 0 Å². The maximum absolute atomic E-state index is 13.9. The van der Waals surface area contributed by atoms with Gasteiger partial charge in [-0.3, -0.25) is 14.4 Å². The van der Waals surface area contributed by atoms with Crippen molar-refractivity contribution in [2.45, 2.75) is 13.3 Å². The second-order valence-electron chi connectivity index (χ2n) is 7.52. The molecule has 0 heterocycles. The van der Waals surface area contributed by atoms with Crippen LogP contribution >= 0.6 is 15.9 Å². The van der Waals surface area contributed by atoms with Gasteiger partial charge in [-0.05, 0) is 61.0 Å². The van der Waals surface area contributed by atoms with Crippen molar-refractivity contribution in [1.29, 1.82) is 0 Å². The summed E-state index contributed by atoms with van der Waals surface area (Å²) in [6.45, 7) is 2.19. The Labute approximate surface area is 221 Å². The molecule has 0 radical (unpaired) electrons. The van der Waals surface area contributed by atoms with Crippen molar-refractivity contribution in [1.82, 2.24) is 5.43 Å². The van der Waals surface area contributed by atoms with Crippen LogP contribution in [0.1, 0.15) is 18.9 Å².